The third-order valence-electron chi connectivity index (χ3n) is 3.66. The van der Waals surface area contributed by atoms with Crippen LogP contribution in [0.3, 0.4) is 0 Å². The summed E-state index contributed by atoms with van der Waals surface area (Å²) in [5.74, 6) is 0.175. The number of hydrogen-bond acceptors (Lipinski definition) is 3. The van der Waals surface area contributed by atoms with Crippen LogP contribution in [-0.4, -0.2) is 16.0 Å². The molecule has 1 unspecified atom stereocenters. The molecular weight excluding hydrogens is 246 g/mol. The van der Waals surface area contributed by atoms with Gasteiger partial charge in [-0.15, -0.1) is 0 Å². The Morgan fingerprint density at radius 3 is 2.05 bits per heavy atom. The van der Waals surface area contributed by atoms with Crippen molar-refractivity contribution in [1.82, 2.24) is 9.97 Å². The molecule has 0 spiro atoms. The van der Waals surface area contributed by atoms with Crippen LogP contribution in [0, 0.1) is 0 Å². The van der Waals surface area contributed by atoms with E-state index >= 15 is 0 Å². The molecule has 0 aromatic carbocycles. The van der Waals surface area contributed by atoms with Gasteiger partial charge >= 0.3 is 0 Å². The van der Waals surface area contributed by atoms with Crippen LogP contribution in [0.5, 0.6) is 0 Å². The van der Waals surface area contributed by atoms with Crippen molar-refractivity contribution in [1.29, 1.82) is 0 Å². The van der Waals surface area contributed by atoms with E-state index in [4.69, 9.17) is 5.73 Å². The highest BCUT2D eigenvalue weighted by atomic mass is 14.7. The third-order valence-corrected chi connectivity index (χ3v) is 3.66. The summed E-state index contributed by atoms with van der Waals surface area (Å²) < 4.78 is 0. The van der Waals surface area contributed by atoms with Crippen molar-refractivity contribution in [2.24, 2.45) is 5.73 Å². The van der Waals surface area contributed by atoms with Gasteiger partial charge in [0.05, 0.1) is 0 Å². The second-order valence-electron chi connectivity index (χ2n) is 5.21. The fourth-order valence-electron chi connectivity index (χ4n) is 2.60. The molecule has 0 fully saturated rings. The molecule has 2 heterocycles. The Morgan fingerprint density at radius 2 is 1.60 bits per heavy atom. The summed E-state index contributed by atoms with van der Waals surface area (Å²) in [5, 5.41) is 0. The van der Waals surface area contributed by atoms with Gasteiger partial charge in [0.1, 0.15) is 0 Å². The monoisotopic (exact) mass is 269 g/mol. The van der Waals surface area contributed by atoms with Crippen molar-refractivity contribution < 1.29 is 0 Å². The van der Waals surface area contributed by atoms with Crippen LogP contribution in [0.2, 0.25) is 0 Å². The predicted octanol–water partition coefficient (Wildman–Crippen LogP) is 3.52. The van der Waals surface area contributed by atoms with Gasteiger partial charge in [-0.05, 0) is 29.7 Å². The van der Waals surface area contributed by atoms with Crippen LogP contribution in [0.25, 0.3) is 0 Å². The van der Waals surface area contributed by atoms with Gasteiger partial charge in [-0.25, -0.2) is 0 Å². The van der Waals surface area contributed by atoms with Crippen molar-refractivity contribution in [3.8, 4) is 0 Å². The van der Waals surface area contributed by atoms with Crippen molar-refractivity contribution >= 4 is 0 Å². The molecule has 3 nitrogen and oxygen atoms in total. The van der Waals surface area contributed by atoms with Crippen molar-refractivity contribution in [2.75, 3.05) is 0 Å². The first-order valence-corrected chi connectivity index (χ1v) is 7.38. The largest absolute Gasteiger partial charge is 0.327 e. The van der Waals surface area contributed by atoms with E-state index in [1.54, 1.807) is 12.4 Å². The van der Waals surface area contributed by atoms with Crippen LogP contribution >= 0.6 is 0 Å². The molecule has 0 aliphatic heterocycles. The van der Waals surface area contributed by atoms with E-state index in [2.05, 4.69) is 29.0 Å². The Bertz CT molecular complexity index is 445. The summed E-state index contributed by atoms with van der Waals surface area (Å²) in [6.07, 6.45) is 12.1. The summed E-state index contributed by atoms with van der Waals surface area (Å²) in [6, 6.07) is 8.25. The summed E-state index contributed by atoms with van der Waals surface area (Å²) in [6.45, 7) is 2.21. The van der Waals surface area contributed by atoms with Gasteiger partial charge in [-0.1, -0.05) is 38.3 Å². The average molecular weight is 269 g/mol. The molecule has 0 bridgehead atoms. The lowest BCUT2D eigenvalue weighted by atomic mass is 9.85. The first-order chi connectivity index (χ1) is 9.83. The second kappa shape index (κ2) is 7.75. The standard InChI is InChI=1S/C17H23N3/c1-2-3-4-9-16(18)17(14-7-5-10-19-12-14)15-8-6-11-20-13-15/h5-8,10-13,16-17H,2-4,9,18H2,1H3. The minimum Gasteiger partial charge on any atom is -0.327 e. The molecular formula is C17H23N3. The van der Waals surface area contributed by atoms with E-state index in [1.165, 1.54) is 30.4 Å². The van der Waals surface area contributed by atoms with Gasteiger partial charge in [0.15, 0.2) is 0 Å². The maximum atomic E-state index is 6.47. The molecule has 0 radical (unpaired) electrons. The predicted molar refractivity (Wildman–Crippen MR) is 82.4 cm³/mol. The zero-order valence-electron chi connectivity index (χ0n) is 12.1. The van der Waals surface area contributed by atoms with Crippen LogP contribution in [0.1, 0.15) is 49.7 Å². The number of nitrogens with zero attached hydrogens (tertiary/aromatic N) is 2. The molecule has 0 saturated heterocycles. The molecule has 2 rings (SSSR count). The van der Waals surface area contributed by atoms with Crippen LogP contribution in [-0.2, 0) is 0 Å². The van der Waals surface area contributed by atoms with Crippen molar-refractivity contribution in [3.05, 3.63) is 60.2 Å². The van der Waals surface area contributed by atoms with Crippen LogP contribution in [0.4, 0.5) is 0 Å². The molecule has 20 heavy (non-hydrogen) atoms. The zero-order chi connectivity index (χ0) is 14.2. The highest BCUT2D eigenvalue weighted by Gasteiger charge is 2.21. The summed E-state index contributed by atoms with van der Waals surface area (Å²) in [5.41, 5.74) is 8.81. The third kappa shape index (κ3) is 3.87. The quantitative estimate of drug-likeness (QED) is 0.782. The lowest BCUT2D eigenvalue weighted by molar-refractivity contribution is 0.514. The highest BCUT2D eigenvalue weighted by Crippen LogP contribution is 2.28. The average Bonchev–Trinajstić information content (AvgIpc) is 2.50. The van der Waals surface area contributed by atoms with Gasteiger partial charge in [0, 0.05) is 36.7 Å². The molecule has 1 atom stereocenters. The van der Waals surface area contributed by atoms with E-state index in [0.717, 1.165) is 6.42 Å². The first kappa shape index (κ1) is 14.7. The van der Waals surface area contributed by atoms with Gasteiger partial charge in [0.2, 0.25) is 0 Å². The summed E-state index contributed by atoms with van der Waals surface area (Å²) in [7, 11) is 0. The number of aromatic nitrogens is 2. The first-order valence-electron chi connectivity index (χ1n) is 7.38. The number of pyridine rings is 2. The number of rotatable bonds is 7. The topological polar surface area (TPSA) is 51.8 Å². The fraction of sp³-hybridized carbons (Fsp3) is 0.412. The Hall–Kier alpha value is -1.74. The molecule has 0 saturated carbocycles. The highest BCUT2D eigenvalue weighted by molar-refractivity contribution is 5.30. The smallest absolute Gasteiger partial charge is 0.0306 e. The second-order valence-corrected chi connectivity index (χ2v) is 5.21. The molecule has 0 aliphatic rings. The van der Waals surface area contributed by atoms with Crippen molar-refractivity contribution in [2.45, 2.75) is 44.6 Å². The summed E-state index contributed by atoms with van der Waals surface area (Å²) >= 11 is 0. The van der Waals surface area contributed by atoms with Gasteiger partial charge in [-0.3, -0.25) is 9.97 Å². The summed E-state index contributed by atoms with van der Waals surface area (Å²) in [4.78, 5) is 8.47. The van der Waals surface area contributed by atoms with Crippen LogP contribution < -0.4 is 5.73 Å². The Morgan fingerprint density at radius 1 is 1.00 bits per heavy atom. The molecule has 2 N–H and O–H groups in total. The van der Waals surface area contributed by atoms with E-state index in [0.29, 0.717) is 0 Å². The van der Waals surface area contributed by atoms with Crippen molar-refractivity contribution in [3.63, 3.8) is 0 Å². The van der Waals surface area contributed by atoms with E-state index < -0.39 is 0 Å². The number of hydrogen-bond donors (Lipinski definition) is 1. The van der Waals surface area contributed by atoms with E-state index in [-0.39, 0.29) is 12.0 Å². The molecule has 3 heteroatoms. The Kier molecular flexibility index (Phi) is 5.69. The molecule has 0 aliphatic carbocycles. The molecule has 2 aromatic heterocycles. The SMILES string of the molecule is CCCCCC(N)C(c1cccnc1)c1cccnc1. The van der Waals surface area contributed by atoms with E-state index in [1.807, 2.05) is 24.5 Å². The van der Waals surface area contributed by atoms with Gasteiger partial charge < -0.3 is 5.73 Å². The number of unbranched alkanes of at least 4 members (excludes halogenated alkanes) is 2. The normalized spacial score (nSPS) is 12.6. The zero-order valence-corrected chi connectivity index (χ0v) is 12.1. The maximum absolute atomic E-state index is 6.47. The minimum absolute atomic E-state index is 0.106. The molecule has 106 valence electrons. The Balaban J connectivity index is 2.21. The lowest BCUT2D eigenvalue weighted by Gasteiger charge is -2.24. The van der Waals surface area contributed by atoms with Gasteiger partial charge in [0.25, 0.3) is 0 Å². The lowest BCUT2D eigenvalue weighted by Crippen LogP contribution is -2.29. The van der Waals surface area contributed by atoms with E-state index in [9.17, 15) is 0 Å². The minimum atomic E-state index is 0.106. The Labute approximate surface area is 121 Å². The fourth-order valence-corrected chi connectivity index (χ4v) is 2.60. The van der Waals surface area contributed by atoms with Crippen LogP contribution in [0.15, 0.2) is 49.1 Å². The number of nitrogens with two attached hydrogens (primary N) is 1. The molecule has 2 aromatic rings. The van der Waals surface area contributed by atoms with Gasteiger partial charge in [-0.2, -0.15) is 0 Å². The maximum Gasteiger partial charge on any atom is 0.0306 e. The molecule has 0 amide bonds.